The number of ether oxygens (including phenoxy) is 1. The Balaban J connectivity index is 0.00000200. The molecule has 1 aromatic carbocycles. The van der Waals surface area contributed by atoms with E-state index in [0.717, 1.165) is 30.4 Å². The third-order valence-corrected chi connectivity index (χ3v) is 3.72. The van der Waals surface area contributed by atoms with Crippen molar-refractivity contribution in [1.82, 2.24) is 5.32 Å². The molecule has 0 aliphatic heterocycles. The lowest BCUT2D eigenvalue weighted by molar-refractivity contribution is -0.125. The number of rotatable bonds is 5. The summed E-state index contributed by atoms with van der Waals surface area (Å²) >= 11 is 0. The molecule has 1 saturated carbocycles. The van der Waals surface area contributed by atoms with Crippen LogP contribution < -0.4 is 11.1 Å². The maximum atomic E-state index is 12.0. The molecule has 0 aromatic heterocycles. The van der Waals surface area contributed by atoms with Crippen LogP contribution in [0, 0.1) is 5.92 Å². The van der Waals surface area contributed by atoms with Crippen LogP contribution in [0.3, 0.4) is 0 Å². The zero-order valence-electron chi connectivity index (χ0n) is 11.8. The summed E-state index contributed by atoms with van der Waals surface area (Å²) in [5, 5.41) is 3.01. The van der Waals surface area contributed by atoms with Crippen molar-refractivity contribution in [3.05, 3.63) is 35.4 Å². The van der Waals surface area contributed by atoms with Gasteiger partial charge in [0.05, 0.1) is 6.61 Å². The van der Waals surface area contributed by atoms with Gasteiger partial charge in [0.15, 0.2) is 0 Å². The van der Waals surface area contributed by atoms with Crippen molar-refractivity contribution in [3.63, 3.8) is 0 Å². The van der Waals surface area contributed by atoms with E-state index in [1.807, 2.05) is 24.3 Å². The van der Waals surface area contributed by atoms with Crippen LogP contribution >= 0.6 is 12.4 Å². The van der Waals surface area contributed by atoms with Crippen LogP contribution in [0.5, 0.6) is 0 Å². The minimum absolute atomic E-state index is 0. The van der Waals surface area contributed by atoms with Crippen molar-refractivity contribution >= 4 is 18.3 Å². The zero-order chi connectivity index (χ0) is 13.7. The quantitative estimate of drug-likeness (QED) is 0.874. The number of carbonyl (C=O) groups excluding carboxylic acids is 1. The first-order chi connectivity index (χ1) is 9.20. The number of benzene rings is 1. The molecule has 4 nitrogen and oxygen atoms in total. The number of hydrogen-bond acceptors (Lipinski definition) is 3. The molecule has 5 heteroatoms. The van der Waals surface area contributed by atoms with Crippen LogP contribution in [0.2, 0.25) is 0 Å². The third kappa shape index (κ3) is 4.47. The molecule has 1 aromatic rings. The molecular weight excluding hydrogens is 276 g/mol. The number of halogens is 1. The number of methoxy groups -OCH3 is 1. The van der Waals surface area contributed by atoms with Crippen molar-refractivity contribution in [1.29, 1.82) is 0 Å². The molecule has 3 N–H and O–H groups in total. The van der Waals surface area contributed by atoms with E-state index in [2.05, 4.69) is 5.32 Å². The summed E-state index contributed by atoms with van der Waals surface area (Å²) in [6, 6.07) is 8.20. The van der Waals surface area contributed by atoms with Gasteiger partial charge in [-0.25, -0.2) is 0 Å². The Kier molecular flexibility index (Phi) is 6.99. The summed E-state index contributed by atoms with van der Waals surface area (Å²) in [5.74, 6) is 0.213. The van der Waals surface area contributed by atoms with Gasteiger partial charge in [-0.05, 0) is 30.4 Å². The Bertz CT molecular complexity index is 440. The Labute approximate surface area is 126 Å². The Hall–Kier alpha value is -1.10. The lowest BCUT2D eigenvalue weighted by Crippen LogP contribution is -2.30. The minimum atomic E-state index is 0. The average molecular weight is 299 g/mol. The fourth-order valence-electron chi connectivity index (χ4n) is 2.61. The van der Waals surface area contributed by atoms with Gasteiger partial charge >= 0.3 is 0 Å². The van der Waals surface area contributed by atoms with Gasteiger partial charge in [0.1, 0.15) is 0 Å². The van der Waals surface area contributed by atoms with Gasteiger partial charge in [0.2, 0.25) is 5.91 Å². The molecule has 1 amide bonds. The normalized spacial score (nSPS) is 21.3. The fourth-order valence-corrected chi connectivity index (χ4v) is 2.61. The SMILES string of the molecule is COCc1ccccc1CNC(=O)C1CCC(N)C1.Cl. The highest BCUT2D eigenvalue weighted by atomic mass is 35.5. The lowest BCUT2D eigenvalue weighted by Gasteiger charge is -2.13. The molecule has 2 rings (SSSR count). The summed E-state index contributed by atoms with van der Waals surface area (Å²) in [6.45, 7) is 1.13. The number of nitrogens with one attached hydrogen (secondary N) is 1. The first kappa shape index (κ1) is 17.0. The van der Waals surface area contributed by atoms with Crippen molar-refractivity contribution in [3.8, 4) is 0 Å². The van der Waals surface area contributed by atoms with Gasteiger partial charge in [-0.15, -0.1) is 12.4 Å². The maximum Gasteiger partial charge on any atom is 0.223 e. The first-order valence-corrected chi connectivity index (χ1v) is 6.79. The number of amides is 1. The summed E-state index contributed by atoms with van der Waals surface area (Å²) < 4.78 is 5.16. The summed E-state index contributed by atoms with van der Waals surface area (Å²) in [4.78, 5) is 12.0. The first-order valence-electron chi connectivity index (χ1n) is 6.79. The molecule has 0 radical (unpaired) electrons. The van der Waals surface area contributed by atoms with Crippen LogP contribution in [0.4, 0.5) is 0 Å². The highest BCUT2D eigenvalue weighted by molar-refractivity contribution is 5.85. The number of carbonyl (C=O) groups is 1. The van der Waals surface area contributed by atoms with E-state index in [1.54, 1.807) is 7.11 Å². The molecule has 0 bridgehead atoms. The molecule has 20 heavy (non-hydrogen) atoms. The average Bonchev–Trinajstić information content (AvgIpc) is 2.84. The number of nitrogens with two attached hydrogens (primary N) is 1. The van der Waals surface area contributed by atoms with Gasteiger partial charge < -0.3 is 15.8 Å². The second kappa shape index (κ2) is 8.25. The largest absolute Gasteiger partial charge is 0.380 e. The number of hydrogen-bond donors (Lipinski definition) is 2. The van der Waals surface area contributed by atoms with Crippen LogP contribution in [-0.4, -0.2) is 19.1 Å². The minimum Gasteiger partial charge on any atom is -0.380 e. The van der Waals surface area contributed by atoms with E-state index < -0.39 is 0 Å². The molecule has 2 unspecified atom stereocenters. The molecule has 0 saturated heterocycles. The standard InChI is InChI=1S/C15H22N2O2.ClH/c1-19-10-13-5-3-2-4-12(13)9-17-15(18)11-6-7-14(16)8-11;/h2-5,11,14H,6-10,16H2,1H3,(H,17,18);1H. The van der Waals surface area contributed by atoms with E-state index in [-0.39, 0.29) is 30.3 Å². The van der Waals surface area contributed by atoms with Gasteiger partial charge in [-0.3, -0.25) is 4.79 Å². The predicted octanol–water partition coefficient (Wildman–Crippen LogP) is 2.00. The molecule has 1 aliphatic rings. The van der Waals surface area contributed by atoms with Crippen LogP contribution in [0.15, 0.2) is 24.3 Å². The van der Waals surface area contributed by atoms with Crippen LogP contribution in [0.25, 0.3) is 0 Å². The topological polar surface area (TPSA) is 64.3 Å². The Morgan fingerprint density at radius 3 is 2.65 bits per heavy atom. The summed E-state index contributed by atoms with van der Waals surface area (Å²) in [6.07, 6.45) is 2.68. The highest BCUT2D eigenvalue weighted by Gasteiger charge is 2.27. The molecule has 112 valence electrons. The fraction of sp³-hybridized carbons (Fsp3) is 0.533. The van der Waals surface area contributed by atoms with Crippen molar-refractivity contribution < 1.29 is 9.53 Å². The van der Waals surface area contributed by atoms with Gasteiger partial charge in [0.25, 0.3) is 0 Å². The van der Waals surface area contributed by atoms with Crippen LogP contribution in [0.1, 0.15) is 30.4 Å². The predicted molar refractivity (Wildman–Crippen MR) is 81.6 cm³/mol. The summed E-state index contributed by atoms with van der Waals surface area (Å²) in [5.41, 5.74) is 8.07. The second-order valence-electron chi connectivity index (χ2n) is 5.19. The summed E-state index contributed by atoms with van der Waals surface area (Å²) in [7, 11) is 1.68. The maximum absolute atomic E-state index is 12.0. The van der Waals surface area contributed by atoms with E-state index in [1.165, 1.54) is 0 Å². The van der Waals surface area contributed by atoms with E-state index in [4.69, 9.17) is 10.5 Å². The van der Waals surface area contributed by atoms with Crippen molar-refractivity contribution in [2.75, 3.05) is 7.11 Å². The molecule has 0 spiro atoms. The molecule has 2 atom stereocenters. The third-order valence-electron chi connectivity index (χ3n) is 3.72. The lowest BCUT2D eigenvalue weighted by atomic mass is 10.1. The van der Waals surface area contributed by atoms with Gasteiger partial charge in [-0.1, -0.05) is 24.3 Å². The van der Waals surface area contributed by atoms with Crippen molar-refractivity contribution in [2.24, 2.45) is 11.7 Å². The smallest absolute Gasteiger partial charge is 0.223 e. The zero-order valence-corrected chi connectivity index (χ0v) is 12.6. The molecular formula is C15H23ClN2O2. The second-order valence-corrected chi connectivity index (χ2v) is 5.19. The molecule has 1 aliphatic carbocycles. The van der Waals surface area contributed by atoms with Gasteiger partial charge in [-0.2, -0.15) is 0 Å². The molecule has 0 heterocycles. The highest BCUT2D eigenvalue weighted by Crippen LogP contribution is 2.24. The van der Waals surface area contributed by atoms with Crippen molar-refractivity contribution in [2.45, 2.75) is 38.5 Å². The van der Waals surface area contributed by atoms with E-state index in [9.17, 15) is 4.79 Å². The molecule has 1 fully saturated rings. The van der Waals surface area contributed by atoms with Gasteiger partial charge in [0, 0.05) is 25.6 Å². The monoisotopic (exact) mass is 298 g/mol. The van der Waals surface area contributed by atoms with Crippen LogP contribution in [-0.2, 0) is 22.7 Å². The van der Waals surface area contributed by atoms with E-state index >= 15 is 0 Å². The van der Waals surface area contributed by atoms with E-state index in [0.29, 0.717) is 13.2 Å². The Morgan fingerprint density at radius 2 is 2.05 bits per heavy atom. The Morgan fingerprint density at radius 1 is 1.35 bits per heavy atom.